The highest BCUT2D eigenvalue weighted by atomic mass is 35.5. The lowest BCUT2D eigenvalue weighted by Crippen LogP contribution is -2.27. The largest absolute Gasteiger partial charge is 0.494 e. The molecular weight excluding hydrogens is 1090 g/mol. The van der Waals surface area contributed by atoms with Gasteiger partial charge in [0.15, 0.2) is 40.7 Å². The van der Waals surface area contributed by atoms with Crippen molar-refractivity contribution >= 4 is 88.1 Å². The van der Waals surface area contributed by atoms with E-state index in [2.05, 4.69) is 71.0 Å². The summed E-state index contributed by atoms with van der Waals surface area (Å²) < 4.78 is 20.9. The van der Waals surface area contributed by atoms with Crippen LogP contribution in [0.1, 0.15) is 84.3 Å². The number of hydrogen-bond donors (Lipinski definition) is 7. The number of H-pyrrole nitrogens is 2. The molecule has 2 fully saturated rings. The van der Waals surface area contributed by atoms with Gasteiger partial charge >= 0.3 is 6.09 Å². The Morgan fingerprint density at radius 2 is 1.18 bits per heavy atom. The Kier molecular flexibility index (Phi) is 19.3. The van der Waals surface area contributed by atoms with Crippen LogP contribution in [0, 0.1) is 32.6 Å². The minimum absolute atomic E-state index is 0. The number of ether oxygens (including phenoxy) is 3. The average molecular weight is 1160 g/mol. The summed E-state index contributed by atoms with van der Waals surface area (Å²) in [6, 6.07) is 14.8. The number of carbonyl (C=O) groups excluding carboxylic acids is 3. The Bertz CT molecular complexity index is 3670. The number of nitrogens with zero attached hydrogens (tertiary/aromatic N) is 12. The van der Waals surface area contributed by atoms with Crippen LogP contribution in [0.5, 0.6) is 11.5 Å². The van der Waals surface area contributed by atoms with Crippen molar-refractivity contribution in [3.05, 3.63) is 126 Å². The third-order valence-corrected chi connectivity index (χ3v) is 12.2. The topological polar surface area (TPSA) is 329 Å². The monoisotopic (exact) mass is 1160 g/mol. The Balaban J connectivity index is 0.000000176. The van der Waals surface area contributed by atoms with Gasteiger partial charge in [-0.15, -0.1) is 12.4 Å². The number of Topliss-reactive ketones (excluding diaryl/α,β-unsaturated/α-hetero) is 2. The minimum atomic E-state index is -0.526. The maximum Gasteiger partial charge on any atom is 0.421 e. The quantitative estimate of drug-likeness (QED) is 0.0393. The third-order valence-electron chi connectivity index (χ3n) is 12.0. The van der Waals surface area contributed by atoms with E-state index in [9.17, 15) is 14.4 Å². The second-order valence-electron chi connectivity index (χ2n) is 20.0. The average Bonchev–Trinajstić information content (AvgIpc) is 4.39. The lowest BCUT2D eigenvalue weighted by Gasteiger charge is -2.19. The summed E-state index contributed by atoms with van der Waals surface area (Å²) in [5, 5.41) is 18.9. The van der Waals surface area contributed by atoms with Crippen molar-refractivity contribution < 1.29 is 28.6 Å². The van der Waals surface area contributed by atoms with Crippen LogP contribution in [-0.4, -0.2) is 106 Å². The Hall–Kier alpha value is -9.36. The first-order valence-corrected chi connectivity index (χ1v) is 26.0. The van der Waals surface area contributed by atoms with Crippen LogP contribution in [0.25, 0.3) is 22.8 Å². The molecule has 2 aliphatic rings. The number of methoxy groups -OCH3 is 2. The number of nitrogen functional groups attached to an aromatic ring is 2. The van der Waals surface area contributed by atoms with Gasteiger partial charge in [0.05, 0.1) is 64.9 Å². The zero-order chi connectivity index (χ0) is 58.1. The predicted octanol–water partition coefficient (Wildman–Crippen LogP) is 10.2. The lowest BCUT2D eigenvalue weighted by molar-refractivity contribution is 0.0540. The first-order valence-electron chi connectivity index (χ1n) is 25.6. The molecular formula is C55H65Cl2N19O6. The summed E-state index contributed by atoms with van der Waals surface area (Å²) in [4.78, 5) is 72.1. The van der Waals surface area contributed by atoms with E-state index in [1.54, 1.807) is 108 Å². The highest BCUT2D eigenvalue weighted by molar-refractivity contribution is 6.30. The number of hydrogen-bond acceptors (Lipinski definition) is 20. The maximum absolute atomic E-state index is 13.0. The molecule has 0 amide bonds. The maximum atomic E-state index is 13.0. The predicted molar refractivity (Wildman–Crippen MR) is 315 cm³/mol. The second kappa shape index (κ2) is 26.3. The molecule has 0 unspecified atom stereocenters. The summed E-state index contributed by atoms with van der Waals surface area (Å²) >= 11 is 6.07. The normalized spacial score (nSPS) is 12.4. The number of benzene rings is 2. The Morgan fingerprint density at radius 3 is 1.59 bits per heavy atom. The Labute approximate surface area is 483 Å². The molecule has 9 aromatic rings. The fourth-order valence-corrected chi connectivity index (χ4v) is 8.12. The molecule has 2 aliphatic carbocycles. The van der Waals surface area contributed by atoms with Crippen molar-refractivity contribution in [1.29, 1.82) is 0 Å². The molecule has 0 bridgehead atoms. The molecule has 0 saturated heterocycles. The number of pyridine rings is 2. The van der Waals surface area contributed by atoms with Crippen molar-refractivity contribution in [1.82, 2.24) is 69.0 Å². The van der Waals surface area contributed by atoms with E-state index >= 15 is 0 Å². The molecule has 7 heterocycles. The Morgan fingerprint density at radius 1 is 0.671 bits per heavy atom. The molecule has 82 heavy (non-hydrogen) atoms. The fraction of sp³-hybridized carbons (Fsp3) is 0.309. The number of halogens is 2. The molecule has 2 aromatic carbocycles. The van der Waals surface area contributed by atoms with Gasteiger partial charge in [-0.2, -0.15) is 10.2 Å². The molecule has 11 rings (SSSR count). The zero-order valence-electron chi connectivity index (χ0n) is 46.9. The van der Waals surface area contributed by atoms with Crippen LogP contribution < -0.4 is 36.9 Å². The first-order chi connectivity index (χ1) is 38.7. The van der Waals surface area contributed by atoms with E-state index < -0.39 is 11.7 Å². The smallest absolute Gasteiger partial charge is 0.421 e. The van der Waals surface area contributed by atoms with E-state index in [1.165, 1.54) is 10.8 Å². The van der Waals surface area contributed by atoms with E-state index in [0.717, 1.165) is 48.2 Å². The van der Waals surface area contributed by atoms with Crippen molar-refractivity contribution in [3.8, 4) is 34.3 Å². The van der Waals surface area contributed by atoms with Gasteiger partial charge in [0.2, 0.25) is 11.9 Å². The SMILES string of the molecule is COc1c(Nc2cc(Cl)ncc2C(=O)C2CC2)cccc1-c1ncn(C)n1.COc1c(Nc2cc(Nc3ncc(C)[nH]3)ncc2C(=O)C2CC2)cccc1-c1ncn(C)n1.Cc1cn(C(=O)OC(C)(C)C)c(N)n1.Cc1cnc(N)[nH]1.Cl. The van der Waals surface area contributed by atoms with Crippen LogP contribution in [-0.2, 0) is 18.8 Å². The molecule has 0 aliphatic heterocycles. The van der Waals surface area contributed by atoms with Gasteiger partial charge < -0.3 is 51.6 Å². The number of aromatic nitrogens is 14. The van der Waals surface area contributed by atoms with Gasteiger partial charge in [0.1, 0.15) is 29.2 Å². The van der Waals surface area contributed by atoms with E-state index in [0.29, 0.717) is 85.6 Å². The molecule has 9 N–H and O–H groups in total. The standard InChI is InChI=1S/C23H24N8O2.C19H18ClN5O2.C9H15N3O2.C4H7N3.ClH/c1-13-10-25-23(27-13)29-19-9-18(16(11-24-19)20(32)14-7-8-14)28-17-6-4-5-15(21(17)33-3)22-26-12-31(2)30-22;1-25-10-22-19(24-25)12-4-3-5-14(18(12)27-2)23-15-8-16(20)21-9-13(15)17(26)11-6-7-11;1-6-5-12(7(10)11-6)8(13)14-9(2,3)4;1-3-2-6-4(5)7-3;/h4-6,9-12,14H,7-8H2,1-3H3,(H3,24,25,27,28,29);3-5,8-11H,6-7H2,1-2H3,(H,21,23);5H,1-4H3,(H2,10,11);2H,1H3,(H3,5,6,7);1H. The van der Waals surface area contributed by atoms with Crippen LogP contribution in [0.15, 0.2) is 92.2 Å². The molecule has 0 spiro atoms. The number of nitrogens with one attached hydrogen (secondary N) is 5. The number of aryl methyl sites for hydroxylation is 5. The summed E-state index contributed by atoms with van der Waals surface area (Å²) in [5.41, 5.74) is 18.0. The van der Waals surface area contributed by atoms with Crippen LogP contribution in [0.2, 0.25) is 5.15 Å². The summed E-state index contributed by atoms with van der Waals surface area (Å²) in [5.74, 6) is 4.36. The summed E-state index contributed by atoms with van der Waals surface area (Å²) in [6.45, 7) is 11.0. The number of carbonyl (C=O) groups is 3. The molecule has 25 nitrogen and oxygen atoms in total. The minimum Gasteiger partial charge on any atom is -0.494 e. The van der Waals surface area contributed by atoms with E-state index in [4.69, 9.17) is 37.3 Å². The number of imidazole rings is 3. The van der Waals surface area contributed by atoms with Gasteiger partial charge in [0.25, 0.3) is 0 Å². The number of rotatable bonds is 14. The zero-order valence-corrected chi connectivity index (χ0v) is 48.5. The molecule has 7 aromatic heterocycles. The van der Waals surface area contributed by atoms with Crippen LogP contribution in [0.4, 0.5) is 51.2 Å². The third kappa shape index (κ3) is 15.7. The number of nitrogens with two attached hydrogens (primary N) is 2. The molecule has 27 heteroatoms. The van der Waals surface area contributed by atoms with Crippen molar-refractivity contribution in [3.63, 3.8) is 0 Å². The molecule has 430 valence electrons. The highest BCUT2D eigenvalue weighted by Gasteiger charge is 2.34. The number of anilines is 8. The van der Waals surface area contributed by atoms with Gasteiger partial charge in [0, 0.05) is 74.4 Å². The van der Waals surface area contributed by atoms with Gasteiger partial charge in [-0.1, -0.05) is 23.7 Å². The summed E-state index contributed by atoms with van der Waals surface area (Å²) in [7, 11) is 6.80. The molecule has 2 saturated carbocycles. The highest BCUT2D eigenvalue weighted by Crippen LogP contribution is 2.41. The fourth-order valence-electron chi connectivity index (χ4n) is 7.97. The second-order valence-corrected chi connectivity index (χ2v) is 20.4. The van der Waals surface area contributed by atoms with Crippen LogP contribution in [0.3, 0.4) is 0 Å². The van der Waals surface area contributed by atoms with Crippen molar-refractivity contribution in [2.24, 2.45) is 25.9 Å². The lowest BCUT2D eigenvalue weighted by atomic mass is 10.1. The molecule has 0 radical (unpaired) electrons. The van der Waals surface area contributed by atoms with E-state index in [-0.39, 0.29) is 41.8 Å². The van der Waals surface area contributed by atoms with E-state index in [1.807, 2.05) is 57.3 Å². The van der Waals surface area contributed by atoms with Gasteiger partial charge in [-0.25, -0.2) is 44.2 Å². The number of aromatic amines is 2. The van der Waals surface area contributed by atoms with Crippen molar-refractivity contribution in [2.75, 3.05) is 41.6 Å². The van der Waals surface area contributed by atoms with Gasteiger partial charge in [-0.3, -0.25) is 19.0 Å². The number of ketones is 2. The van der Waals surface area contributed by atoms with Crippen molar-refractivity contribution in [2.45, 2.75) is 72.8 Å². The summed E-state index contributed by atoms with van der Waals surface area (Å²) in [6.07, 6.45) is 14.5. The molecule has 0 atom stereocenters. The van der Waals surface area contributed by atoms with Crippen LogP contribution >= 0.6 is 24.0 Å². The number of para-hydroxylation sites is 2. The first kappa shape index (κ1) is 60.3. The van der Waals surface area contributed by atoms with Gasteiger partial charge in [-0.05, 0) is 97.6 Å².